The third kappa shape index (κ3) is 3.43. The summed E-state index contributed by atoms with van der Waals surface area (Å²) in [6.07, 6.45) is 4.49. The zero-order chi connectivity index (χ0) is 22.2. The highest BCUT2D eigenvalue weighted by Gasteiger charge is 2.17. The first-order valence-electron chi connectivity index (χ1n) is 10.8. The molecule has 2 aromatic carbocycles. The van der Waals surface area contributed by atoms with Crippen LogP contribution in [0, 0.1) is 13.8 Å². The van der Waals surface area contributed by atoms with Crippen LogP contribution in [0.5, 0.6) is 0 Å². The topological polar surface area (TPSA) is 60.0 Å². The van der Waals surface area contributed by atoms with E-state index in [0.717, 1.165) is 29.0 Å². The molecule has 0 saturated heterocycles. The molecule has 6 heteroatoms. The summed E-state index contributed by atoms with van der Waals surface area (Å²) in [6, 6.07) is 19.3. The first-order valence-corrected chi connectivity index (χ1v) is 10.8. The van der Waals surface area contributed by atoms with E-state index in [4.69, 9.17) is 4.98 Å². The van der Waals surface area contributed by atoms with Crippen molar-refractivity contribution in [2.24, 2.45) is 7.05 Å². The van der Waals surface area contributed by atoms with Crippen LogP contribution in [0.15, 0.2) is 67.1 Å². The summed E-state index contributed by atoms with van der Waals surface area (Å²) >= 11 is 0. The van der Waals surface area contributed by atoms with Gasteiger partial charge in [-0.2, -0.15) is 10.1 Å². The maximum absolute atomic E-state index is 5.08. The van der Waals surface area contributed by atoms with Gasteiger partial charge in [0.25, 0.3) is 0 Å². The number of hydrogen-bond donors (Lipinski definition) is 1. The number of fused-ring (bicyclic) bond motifs is 1. The molecule has 6 nitrogen and oxygen atoms in total. The van der Waals surface area contributed by atoms with Crippen LogP contribution in [0.25, 0.3) is 28.0 Å². The van der Waals surface area contributed by atoms with Crippen molar-refractivity contribution in [1.82, 2.24) is 24.1 Å². The third-order valence-corrected chi connectivity index (χ3v) is 5.88. The van der Waals surface area contributed by atoms with E-state index in [1.165, 1.54) is 34.3 Å². The van der Waals surface area contributed by atoms with Gasteiger partial charge in [-0.25, -0.2) is 9.67 Å². The second-order valence-electron chi connectivity index (χ2n) is 8.10. The lowest BCUT2D eigenvalue weighted by molar-refractivity contribution is 0.775. The van der Waals surface area contributed by atoms with Crippen molar-refractivity contribution in [3.63, 3.8) is 0 Å². The molecular weight excluding hydrogens is 396 g/mol. The average molecular weight is 423 g/mol. The maximum Gasteiger partial charge on any atom is 0.225 e. The smallest absolute Gasteiger partial charge is 0.225 e. The molecule has 0 aliphatic carbocycles. The molecule has 1 N–H and O–H groups in total. The van der Waals surface area contributed by atoms with Crippen molar-refractivity contribution in [2.75, 3.05) is 5.32 Å². The molecule has 0 radical (unpaired) electrons. The average Bonchev–Trinajstić information content (AvgIpc) is 3.36. The molecule has 5 rings (SSSR count). The maximum atomic E-state index is 5.08. The first kappa shape index (κ1) is 20.0. The Labute approximate surface area is 187 Å². The lowest BCUT2D eigenvalue weighted by Gasteiger charge is -2.12. The lowest BCUT2D eigenvalue weighted by atomic mass is 9.93. The molecule has 0 saturated carbocycles. The minimum absolute atomic E-state index is 0.692. The molecule has 0 aliphatic rings. The van der Waals surface area contributed by atoms with Gasteiger partial charge in [-0.3, -0.25) is 0 Å². The number of aryl methyl sites for hydroxylation is 4. The minimum Gasteiger partial charge on any atom is -0.324 e. The molecule has 0 amide bonds. The second-order valence-corrected chi connectivity index (χ2v) is 8.10. The zero-order valence-corrected chi connectivity index (χ0v) is 18.8. The van der Waals surface area contributed by atoms with Crippen LogP contribution in [-0.4, -0.2) is 24.1 Å². The van der Waals surface area contributed by atoms with Crippen LogP contribution in [0.3, 0.4) is 0 Å². The molecule has 0 fully saturated rings. The van der Waals surface area contributed by atoms with E-state index in [9.17, 15) is 0 Å². The predicted molar refractivity (Wildman–Crippen MR) is 129 cm³/mol. The number of nitrogens with zero attached hydrogens (tertiary/aromatic N) is 5. The standard InChI is InChI=1S/C26H26N6/c1-5-23-25(22-9-7-6-8-21(22)20-11-10-17(2)14-18(20)3)30-24-15-19(12-13-32(23)24)29-26-27-16-28-31(26)4/h6-16H,5H2,1-4H3,(H,27,28,29). The van der Waals surface area contributed by atoms with Gasteiger partial charge < -0.3 is 9.72 Å². The fourth-order valence-corrected chi connectivity index (χ4v) is 4.31. The molecule has 3 aromatic heterocycles. The molecule has 32 heavy (non-hydrogen) atoms. The number of benzene rings is 2. The Morgan fingerprint density at radius 2 is 1.75 bits per heavy atom. The summed E-state index contributed by atoms with van der Waals surface area (Å²) < 4.78 is 3.88. The van der Waals surface area contributed by atoms with Gasteiger partial charge >= 0.3 is 0 Å². The summed E-state index contributed by atoms with van der Waals surface area (Å²) in [5.41, 5.74) is 10.2. The molecule has 160 valence electrons. The van der Waals surface area contributed by atoms with E-state index >= 15 is 0 Å². The molecule has 0 spiro atoms. The number of rotatable bonds is 5. The number of anilines is 2. The SMILES string of the molecule is CCc1c(-c2ccccc2-c2ccc(C)cc2C)nc2cc(Nc3ncnn3C)ccn12. The Morgan fingerprint density at radius 1 is 0.938 bits per heavy atom. The van der Waals surface area contributed by atoms with Crippen LogP contribution < -0.4 is 5.32 Å². The summed E-state index contributed by atoms with van der Waals surface area (Å²) in [7, 11) is 1.86. The molecular formula is C26H26N6. The van der Waals surface area contributed by atoms with Crippen LogP contribution in [-0.2, 0) is 13.5 Å². The quantitative estimate of drug-likeness (QED) is 0.393. The largest absolute Gasteiger partial charge is 0.324 e. The van der Waals surface area contributed by atoms with Crippen molar-refractivity contribution in [2.45, 2.75) is 27.2 Å². The second kappa shape index (κ2) is 7.96. The molecule has 5 aromatic rings. The minimum atomic E-state index is 0.692. The third-order valence-electron chi connectivity index (χ3n) is 5.88. The van der Waals surface area contributed by atoms with Gasteiger partial charge in [0.1, 0.15) is 12.0 Å². The van der Waals surface area contributed by atoms with E-state index in [2.05, 4.69) is 95.3 Å². The van der Waals surface area contributed by atoms with E-state index in [-0.39, 0.29) is 0 Å². The van der Waals surface area contributed by atoms with Crippen molar-refractivity contribution < 1.29 is 0 Å². The van der Waals surface area contributed by atoms with Crippen molar-refractivity contribution in [3.8, 4) is 22.4 Å². The molecule has 3 heterocycles. The Kier molecular flexibility index (Phi) is 4.98. The highest BCUT2D eigenvalue weighted by Crippen LogP contribution is 2.36. The molecule has 0 unspecified atom stereocenters. The van der Waals surface area contributed by atoms with E-state index in [1.807, 2.05) is 13.1 Å². The van der Waals surface area contributed by atoms with Crippen LogP contribution in [0.4, 0.5) is 11.6 Å². The first-order chi connectivity index (χ1) is 15.5. The predicted octanol–water partition coefficient (Wildman–Crippen LogP) is 5.72. The lowest BCUT2D eigenvalue weighted by Crippen LogP contribution is -2.01. The van der Waals surface area contributed by atoms with Gasteiger partial charge in [0.05, 0.1) is 11.4 Å². The number of pyridine rings is 1. The van der Waals surface area contributed by atoms with Crippen molar-refractivity contribution in [1.29, 1.82) is 0 Å². The highest BCUT2D eigenvalue weighted by molar-refractivity contribution is 5.85. The summed E-state index contributed by atoms with van der Waals surface area (Å²) in [4.78, 5) is 9.33. The van der Waals surface area contributed by atoms with Crippen LogP contribution in [0.1, 0.15) is 23.7 Å². The Hall–Kier alpha value is -3.93. The summed E-state index contributed by atoms with van der Waals surface area (Å²) in [5.74, 6) is 0.692. The van der Waals surface area contributed by atoms with Gasteiger partial charge in [-0.15, -0.1) is 0 Å². The van der Waals surface area contributed by atoms with Crippen LogP contribution in [0.2, 0.25) is 0 Å². The Bertz CT molecular complexity index is 1430. The van der Waals surface area contributed by atoms with Gasteiger partial charge in [-0.05, 0) is 43.0 Å². The normalized spacial score (nSPS) is 11.2. The number of imidazole rings is 1. The molecule has 0 bridgehead atoms. The van der Waals surface area contributed by atoms with Gasteiger partial charge in [0.2, 0.25) is 5.95 Å². The monoisotopic (exact) mass is 422 g/mol. The van der Waals surface area contributed by atoms with Gasteiger partial charge in [0.15, 0.2) is 0 Å². The Morgan fingerprint density at radius 3 is 2.47 bits per heavy atom. The fourth-order valence-electron chi connectivity index (χ4n) is 4.31. The number of hydrogen-bond acceptors (Lipinski definition) is 4. The highest BCUT2D eigenvalue weighted by atomic mass is 15.4. The summed E-state index contributed by atoms with van der Waals surface area (Å²) in [6.45, 7) is 6.49. The number of aromatic nitrogens is 5. The number of nitrogens with one attached hydrogen (secondary N) is 1. The van der Waals surface area contributed by atoms with E-state index < -0.39 is 0 Å². The Balaban J connectivity index is 1.64. The van der Waals surface area contributed by atoms with Gasteiger partial charge in [0, 0.05) is 30.6 Å². The zero-order valence-electron chi connectivity index (χ0n) is 18.8. The van der Waals surface area contributed by atoms with E-state index in [1.54, 1.807) is 4.68 Å². The van der Waals surface area contributed by atoms with Crippen LogP contribution >= 0.6 is 0 Å². The van der Waals surface area contributed by atoms with Gasteiger partial charge in [-0.1, -0.05) is 55.0 Å². The fraction of sp³-hybridized carbons (Fsp3) is 0.192. The van der Waals surface area contributed by atoms with Crippen molar-refractivity contribution >= 4 is 17.3 Å². The molecule has 0 aliphatic heterocycles. The molecule has 0 atom stereocenters. The van der Waals surface area contributed by atoms with Crippen molar-refractivity contribution in [3.05, 3.63) is 83.9 Å². The van der Waals surface area contributed by atoms with E-state index in [0.29, 0.717) is 5.95 Å². The summed E-state index contributed by atoms with van der Waals surface area (Å²) in [5, 5.41) is 7.44.